The van der Waals surface area contributed by atoms with E-state index in [2.05, 4.69) is 30.7 Å². The van der Waals surface area contributed by atoms with Crippen molar-refractivity contribution < 1.29 is 9.47 Å². The van der Waals surface area contributed by atoms with Gasteiger partial charge in [0.1, 0.15) is 5.60 Å². The van der Waals surface area contributed by atoms with Crippen LogP contribution in [0.15, 0.2) is 0 Å². The summed E-state index contributed by atoms with van der Waals surface area (Å²) in [5.74, 6) is 0. The van der Waals surface area contributed by atoms with E-state index in [1.165, 1.54) is 38.8 Å². The predicted molar refractivity (Wildman–Crippen MR) is 84.7 cm³/mol. The molecule has 0 aromatic heterocycles. The summed E-state index contributed by atoms with van der Waals surface area (Å²) in [5.41, 5.74) is -0.0926. The maximum atomic E-state index is 6.39. The number of morpholine rings is 1. The van der Waals surface area contributed by atoms with Crippen LogP contribution >= 0.6 is 0 Å². The van der Waals surface area contributed by atoms with Gasteiger partial charge in [0.2, 0.25) is 0 Å². The monoisotopic (exact) mass is 296 g/mol. The summed E-state index contributed by atoms with van der Waals surface area (Å²) in [7, 11) is 2.29. The Kier molecular flexibility index (Phi) is 4.60. The van der Waals surface area contributed by atoms with Crippen LogP contribution in [0.5, 0.6) is 0 Å². The SMILES string of the molecule is CN1CCCC[C@H]1CCN1CC(C)(C)O[C@]2(CCOC2)C1. The molecule has 122 valence electrons. The molecule has 3 aliphatic heterocycles. The molecule has 1 spiro atoms. The van der Waals surface area contributed by atoms with Crippen LogP contribution in [0.1, 0.15) is 46.0 Å². The molecule has 21 heavy (non-hydrogen) atoms. The third kappa shape index (κ3) is 3.79. The fourth-order valence-corrected chi connectivity index (χ4v) is 4.44. The van der Waals surface area contributed by atoms with E-state index in [0.29, 0.717) is 0 Å². The number of rotatable bonds is 3. The van der Waals surface area contributed by atoms with Crippen LogP contribution in [0.2, 0.25) is 0 Å². The number of hydrogen-bond donors (Lipinski definition) is 0. The van der Waals surface area contributed by atoms with Gasteiger partial charge in [0.15, 0.2) is 0 Å². The van der Waals surface area contributed by atoms with Crippen LogP contribution in [-0.4, -0.2) is 73.5 Å². The number of nitrogens with zero attached hydrogens (tertiary/aromatic N) is 2. The topological polar surface area (TPSA) is 24.9 Å². The molecule has 0 unspecified atom stereocenters. The third-order valence-electron chi connectivity index (χ3n) is 5.38. The van der Waals surface area contributed by atoms with Crippen molar-refractivity contribution in [3.8, 4) is 0 Å². The summed E-state index contributed by atoms with van der Waals surface area (Å²) in [6.45, 7) is 10.7. The highest BCUT2D eigenvalue weighted by atomic mass is 16.6. The third-order valence-corrected chi connectivity index (χ3v) is 5.38. The Hall–Kier alpha value is -0.160. The zero-order chi connectivity index (χ0) is 14.9. The first-order valence-corrected chi connectivity index (χ1v) is 8.69. The van der Waals surface area contributed by atoms with Gasteiger partial charge >= 0.3 is 0 Å². The van der Waals surface area contributed by atoms with Crippen molar-refractivity contribution in [1.82, 2.24) is 9.80 Å². The molecule has 4 heteroatoms. The lowest BCUT2D eigenvalue weighted by molar-refractivity contribution is -0.195. The van der Waals surface area contributed by atoms with Crippen LogP contribution in [0, 0.1) is 0 Å². The summed E-state index contributed by atoms with van der Waals surface area (Å²) < 4.78 is 12.0. The molecule has 3 aliphatic rings. The van der Waals surface area contributed by atoms with Gasteiger partial charge in [-0.25, -0.2) is 0 Å². The summed E-state index contributed by atoms with van der Waals surface area (Å²) >= 11 is 0. The molecule has 0 saturated carbocycles. The van der Waals surface area contributed by atoms with Gasteiger partial charge in [0.25, 0.3) is 0 Å². The lowest BCUT2D eigenvalue weighted by Gasteiger charge is -2.48. The van der Waals surface area contributed by atoms with E-state index in [4.69, 9.17) is 9.47 Å². The lowest BCUT2D eigenvalue weighted by atomic mass is 9.94. The Morgan fingerprint density at radius 1 is 1.19 bits per heavy atom. The maximum Gasteiger partial charge on any atom is 0.107 e. The van der Waals surface area contributed by atoms with Gasteiger partial charge in [0, 0.05) is 32.2 Å². The van der Waals surface area contributed by atoms with Crippen molar-refractivity contribution in [2.75, 3.05) is 46.4 Å². The van der Waals surface area contributed by atoms with Gasteiger partial charge in [-0.15, -0.1) is 0 Å². The Balaban J connectivity index is 1.56. The molecule has 0 amide bonds. The lowest BCUT2D eigenvalue weighted by Crippen LogP contribution is -2.60. The van der Waals surface area contributed by atoms with Gasteiger partial charge in [-0.2, -0.15) is 0 Å². The van der Waals surface area contributed by atoms with Gasteiger partial charge < -0.3 is 14.4 Å². The molecule has 3 heterocycles. The molecule has 3 rings (SSSR count). The number of ether oxygens (including phenoxy) is 2. The minimum atomic E-state index is -0.0512. The van der Waals surface area contributed by atoms with Crippen LogP contribution in [-0.2, 0) is 9.47 Å². The number of piperidine rings is 1. The second-order valence-electron chi connectivity index (χ2n) is 7.98. The standard InChI is InChI=1S/C17H32N2O2/c1-16(2)12-19(13-17(21-16)8-11-20-14-17)10-7-15-6-4-5-9-18(15)3/h15H,4-14H2,1-3H3/t15-,17+/m0/s1. The second-order valence-corrected chi connectivity index (χ2v) is 7.98. The fraction of sp³-hybridized carbons (Fsp3) is 1.00. The van der Waals surface area contributed by atoms with Gasteiger partial charge in [-0.3, -0.25) is 4.90 Å². The first kappa shape index (κ1) is 15.7. The molecular formula is C17H32N2O2. The average molecular weight is 296 g/mol. The van der Waals surface area contributed by atoms with Crippen molar-refractivity contribution in [3.05, 3.63) is 0 Å². The molecule has 0 aromatic rings. The van der Waals surface area contributed by atoms with Crippen LogP contribution < -0.4 is 0 Å². The molecule has 3 fully saturated rings. The molecule has 0 aromatic carbocycles. The van der Waals surface area contributed by atoms with E-state index >= 15 is 0 Å². The first-order chi connectivity index (χ1) is 9.98. The molecular weight excluding hydrogens is 264 g/mol. The second kappa shape index (κ2) is 6.15. The quantitative estimate of drug-likeness (QED) is 0.796. The van der Waals surface area contributed by atoms with Crippen LogP contribution in [0.3, 0.4) is 0 Å². The minimum absolute atomic E-state index is 0.0415. The van der Waals surface area contributed by atoms with Crippen molar-refractivity contribution in [1.29, 1.82) is 0 Å². The minimum Gasteiger partial charge on any atom is -0.378 e. The molecule has 0 N–H and O–H groups in total. The summed E-state index contributed by atoms with van der Waals surface area (Å²) in [4.78, 5) is 5.18. The van der Waals surface area contributed by atoms with E-state index in [0.717, 1.165) is 38.8 Å². The highest BCUT2D eigenvalue weighted by Crippen LogP contribution is 2.34. The number of likely N-dealkylation sites (tertiary alicyclic amines) is 1. The maximum absolute atomic E-state index is 6.39. The molecule has 0 aliphatic carbocycles. The average Bonchev–Trinajstić information content (AvgIpc) is 2.83. The van der Waals surface area contributed by atoms with E-state index in [1.54, 1.807) is 0 Å². The van der Waals surface area contributed by atoms with Crippen molar-refractivity contribution in [2.45, 2.75) is 63.2 Å². The van der Waals surface area contributed by atoms with Crippen molar-refractivity contribution in [2.24, 2.45) is 0 Å². The molecule has 0 bridgehead atoms. The smallest absolute Gasteiger partial charge is 0.107 e. The number of hydrogen-bond acceptors (Lipinski definition) is 4. The van der Waals surface area contributed by atoms with Gasteiger partial charge in [0.05, 0.1) is 12.2 Å². The Morgan fingerprint density at radius 3 is 2.76 bits per heavy atom. The highest BCUT2D eigenvalue weighted by molar-refractivity contribution is 4.97. The molecule has 0 radical (unpaired) electrons. The van der Waals surface area contributed by atoms with Crippen molar-refractivity contribution >= 4 is 0 Å². The zero-order valence-corrected chi connectivity index (χ0v) is 14.1. The van der Waals surface area contributed by atoms with E-state index in [9.17, 15) is 0 Å². The largest absolute Gasteiger partial charge is 0.378 e. The van der Waals surface area contributed by atoms with Gasteiger partial charge in [-0.05, 0) is 53.2 Å². The summed E-state index contributed by atoms with van der Waals surface area (Å²) in [6.07, 6.45) is 6.50. The summed E-state index contributed by atoms with van der Waals surface area (Å²) in [5, 5.41) is 0. The first-order valence-electron chi connectivity index (χ1n) is 8.69. The predicted octanol–water partition coefficient (Wildman–Crippen LogP) is 2.13. The van der Waals surface area contributed by atoms with Gasteiger partial charge in [-0.1, -0.05) is 6.42 Å². The van der Waals surface area contributed by atoms with E-state index in [1.807, 2.05) is 0 Å². The fourth-order valence-electron chi connectivity index (χ4n) is 4.44. The Bertz CT molecular complexity index is 353. The molecule has 2 atom stereocenters. The summed E-state index contributed by atoms with van der Waals surface area (Å²) in [6, 6.07) is 0.778. The Morgan fingerprint density at radius 2 is 2.05 bits per heavy atom. The van der Waals surface area contributed by atoms with E-state index < -0.39 is 0 Å². The Labute approximate surface area is 129 Å². The van der Waals surface area contributed by atoms with Crippen LogP contribution in [0.25, 0.3) is 0 Å². The van der Waals surface area contributed by atoms with E-state index in [-0.39, 0.29) is 11.2 Å². The molecule has 3 saturated heterocycles. The molecule has 4 nitrogen and oxygen atoms in total. The highest BCUT2D eigenvalue weighted by Gasteiger charge is 2.46. The normalized spacial score (nSPS) is 38.1. The zero-order valence-electron chi connectivity index (χ0n) is 14.1. The van der Waals surface area contributed by atoms with Crippen molar-refractivity contribution in [3.63, 3.8) is 0 Å². The van der Waals surface area contributed by atoms with Crippen LogP contribution in [0.4, 0.5) is 0 Å².